The van der Waals surface area contributed by atoms with Crippen LogP contribution < -0.4 is 9.47 Å². The number of carboxylic acid groups (broad SMARTS) is 1. The van der Waals surface area contributed by atoms with E-state index in [2.05, 4.69) is 14.7 Å². The number of thiazole rings is 1. The molecule has 0 atom stereocenters. The van der Waals surface area contributed by atoms with Crippen molar-refractivity contribution in [3.63, 3.8) is 0 Å². The Labute approximate surface area is 190 Å². The Kier molecular flexibility index (Phi) is 7.29. The molecule has 2 heterocycles. The van der Waals surface area contributed by atoms with Crippen LogP contribution in [0.1, 0.15) is 19.5 Å². The molecule has 0 saturated heterocycles. The summed E-state index contributed by atoms with van der Waals surface area (Å²) in [7, 11) is 0. The zero-order valence-electron chi connectivity index (χ0n) is 17.0. The number of rotatable bonds is 9. The van der Waals surface area contributed by atoms with Gasteiger partial charge in [-0.05, 0) is 37.6 Å². The molecule has 0 aliphatic heterocycles. The second kappa shape index (κ2) is 9.78. The van der Waals surface area contributed by atoms with E-state index in [1.165, 1.54) is 47.5 Å². The van der Waals surface area contributed by atoms with Crippen molar-refractivity contribution >= 4 is 29.1 Å². The van der Waals surface area contributed by atoms with E-state index in [0.717, 1.165) is 5.69 Å². The quantitative estimate of drug-likeness (QED) is 0.391. The lowest BCUT2D eigenvalue weighted by Crippen LogP contribution is -2.26. The van der Waals surface area contributed by atoms with Gasteiger partial charge in [0.15, 0.2) is 4.34 Å². The minimum absolute atomic E-state index is 0.303. The Morgan fingerprint density at radius 3 is 2.62 bits per heavy atom. The smallest absolute Gasteiger partial charge is 0.480 e. The van der Waals surface area contributed by atoms with Crippen LogP contribution in [0, 0.1) is 0 Å². The highest BCUT2D eigenvalue weighted by Gasteiger charge is 2.31. The van der Waals surface area contributed by atoms with Crippen molar-refractivity contribution in [2.24, 2.45) is 0 Å². The number of aromatic nitrogens is 2. The van der Waals surface area contributed by atoms with Crippen molar-refractivity contribution in [1.29, 1.82) is 0 Å². The largest absolute Gasteiger partial charge is 0.573 e. The highest BCUT2D eigenvalue weighted by molar-refractivity contribution is 8.02. The molecule has 1 aromatic carbocycles. The van der Waals surface area contributed by atoms with E-state index in [1.54, 1.807) is 32.0 Å². The van der Waals surface area contributed by atoms with Gasteiger partial charge < -0.3 is 14.6 Å². The van der Waals surface area contributed by atoms with Gasteiger partial charge in [0.05, 0.1) is 12.3 Å². The van der Waals surface area contributed by atoms with Gasteiger partial charge in [-0.3, -0.25) is 4.79 Å². The van der Waals surface area contributed by atoms with Crippen LogP contribution in [-0.2, 0) is 11.2 Å². The monoisotopic (exact) mass is 484 g/mol. The first-order valence-corrected chi connectivity index (χ1v) is 11.0. The third kappa shape index (κ3) is 6.86. The first-order chi connectivity index (χ1) is 15.0. The summed E-state index contributed by atoms with van der Waals surface area (Å²) in [6.45, 7) is 3.57. The highest BCUT2D eigenvalue weighted by Crippen LogP contribution is 2.34. The Hall–Kier alpha value is -2.79. The molecule has 0 spiro atoms. The molecule has 3 rings (SSSR count). The Morgan fingerprint density at radius 1 is 1.19 bits per heavy atom. The molecule has 0 amide bonds. The number of alkyl halides is 3. The summed E-state index contributed by atoms with van der Waals surface area (Å²) < 4.78 is 46.5. The molecular formula is C21H19F3N2O4S2. The van der Waals surface area contributed by atoms with Gasteiger partial charge in [-0.25, -0.2) is 9.97 Å². The maximum atomic E-state index is 12.4. The van der Waals surface area contributed by atoms with Gasteiger partial charge in [-0.2, -0.15) is 0 Å². The number of hydrogen-bond donors (Lipinski definition) is 1. The standard InChI is InChI=1S/C21H19F3N2O4S2/c1-20(2,18(27)28)32-19-26-15(12-31-19)8-9-29-17-7-6-14(11-25-17)13-4-3-5-16(10-13)30-21(22,23)24/h3-7,10-12H,8-9H2,1-2H3,(H,27,28). The Bertz CT molecular complexity index is 1070. The number of hydrogen-bond acceptors (Lipinski definition) is 7. The van der Waals surface area contributed by atoms with Crippen LogP contribution in [0.2, 0.25) is 0 Å². The van der Waals surface area contributed by atoms with Crippen LogP contribution in [0.5, 0.6) is 11.6 Å². The molecular weight excluding hydrogens is 465 g/mol. The van der Waals surface area contributed by atoms with Crippen LogP contribution in [0.15, 0.2) is 52.3 Å². The summed E-state index contributed by atoms with van der Waals surface area (Å²) in [5, 5.41) is 11.1. The zero-order valence-corrected chi connectivity index (χ0v) is 18.7. The van der Waals surface area contributed by atoms with E-state index in [1.807, 2.05) is 5.38 Å². The molecule has 0 radical (unpaired) electrons. The SMILES string of the molecule is CC(C)(Sc1nc(CCOc2ccc(-c3cccc(OC(F)(F)F)c3)cn2)cs1)C(=O)O. The van der Waals surface area contributed by atoms with Crippen LogP contribution in [0.25, 0.3) is 11.1 Å². The molecule has 0 bridgehead atoms. The lowest BCUT2D eigenvalue weighted by atomic mass is 10.1. The lowest BCUT2D eigenvalue weighted by Gasteiger charge is -2.15. The average molecular weight is 485 g/mol. The van der Waals surface area contributed by atoms with Crippen LogP contribution in [0.4, 0.5) is 13.2 Å². The first-order valence-electron chi connectivity index (χ1n) is 9.34. The van der Waals surface area contributed by atoms with Gasteiger partial charge in [0.25, 0.3) is 0 Å². The molecule has 6 nitrogen and oxygen atoms in total. The van der Waals surface area contributed by atoms with E-state index in [4.69, 9.17) is 4.74 Å². The van der Waals surface area contributed by atoms with Crippen molar-refractivity contribution in [2.45, 2.75) is 35.7 Å². The fourth-order valence-electron chi connectivity index (χ4n) is 2.48. The van der Waals surface area contributed by atoms with Gasteiger partial charge in [0.1, 0.15) is 10.5 Å². The van der Waals surface area contributed by atoms with Gasteiger partial charge in [-0.1, -0.05) is 23.9 Å². The molecule has 0 saturated carbocycles. The third-order valence-electron chi connectivity index (χ3n) is 4.13. The molecule has 2 aromatic heterocycles. The van der Waals surface area contributed by atoms with E-state index in [-0.39, 0.29) is 5.75 Å². The number of nitrogens with zero attached hydrogens (tertiary/aromatic N) is 2. The molecule has 0 fully saturated rings. The maximum absolute atomic E-state index is 12.4. The van der Waals surface area contributed by atoms with E-state index < -0.39 is 17.1 Å². The predicted octanol–water partition coefficient (Wildman–Crippen LogP) is 5.68. The van der Waals surface area contributed by atoms with E-state index in [9.17, 15) is 23.1 Å². The van der Waals surface area contributed by atoms with Crippen LogP contribution >= 0.6 is 23.1 Å². The van der Waals surface area contributed by atoms with Crippen molar-refractivity contribution in [3.8, 4) is 22.8 Å². The zero-order chi connectivity index (χ0) is 23.4. The number of pyridine rings is 1. The second-order valence-electron chi connectivity index (χ2n) is 7.08. The minimum atomic E-state index is -4.75. The second-order valence-corrected chi connectivity index (χ2v) is 9.81. The highest BCUT2D eigenvalue weighted by atomic mass is 32.2. The summed E-state index contributed by atoms with van der Waals surface area (Å²) in [6.07, 6.45) is -2.73. The number of halogens is 3. The number of benzene rings is 1. The molecule has 3 aromatic rings. The first kappa shape index (κ1) is 23.9. The van der Waals surface area contributed by atoms with Gasteiger partial charge in [0, 0.05) is 29.6 Å². The Balaban J connectivity index is 1.54. The number of carboxylic acids is 1. The van der Waals surface area contributed by atoms with Gasteiger partial charge in [0.2, 0.25) is 5.88 Å². The Morgan fingerprint density at radius 2 is 1.97 bits per heavy atom. The minimum Gasteiger partial charge on any atom is -0.480 e. The fourth-order valence-corrected chi connectivity index (χ4v) is 4.71. The summed E-state index contributed by atoms with van der Waals surface area (Å²) in [6, 6.07) is 8.97. The van der Waals surface area contributed by atoms with Crippen molar-refractivity contribution < 1.29 is 32.5 Å². The molecule has 170 valence electrons. The van der Waals surface area contributed by atoms with Crippen molar-refractivity contribution in [3.05, 3.63) is 53.7 Å². The fraction of sp³-hybridized carbons (Fsp3) is 0.286. The topological polar surface area (TPSA) is 81.5 Å². The van der Waals surface area contributed by atoms with E-state index >= 15 is 0 Å². The third-order valence-corrected chi connectivity index (χ3v) is 6.31. The van der Waals surface area contributed by atoms with Gasteiger partial charge >= 0.3 is 12.3 Å². The average Bonchev–Trinajstić information content (AvgIpc) is 3.14. The summed E-state index contributed by atoms with van der Waals surface area (Å²) >= 11 is 2.57. The number of aliphatic carboxylic acids is 1. The predicted molar refractivity (Wildman–Crippen MR) is 115 cm³/mol. The van der Waals surface area contributed by atoms with Gasteiger partial charge in [-0.15, -0.1) is 24.5 Å². The lowest BCUT2D eigenvalue weighted by molar-refractivity contribution is -0.274. The molecule has 32 heavy (non-hydrogen) atoms. The number of carbonyl (C=O) groups is 1. The maximum Gasteiger partial charge on any atom is 0.573 e. The van der Waals surface area contributed by atoms with Crippen molar-refractivity contribution in [1.82, 2.24) is 9.97 Å². The van der Waals surface area contributed by atoms with Crippen LogP contribution in [0.3, 0.4) is 0 Å². The molecule has 0 aliphatic rings. The van der Waals surface area contributed by atoms with Crippen LogP contribution in [-0.4, -0.2) is 38.8 Å². The summed E-state index contributed by atoms with van der Waals surface area (Å²) in [4.78, 5) is 19.8. The number of thioether (sulfide) groups is 1. The summed E-state index contributed by atoms with van der Waals surface area (Å²) in [5.74, 6) is -0.840. The number of ether oxygens (including phenoxy) is 2. The van der Waals surface area contributed by atoms with Crippen molar-refractivity contribution in [2.75, 3.05) is 6.61 Å². The molecule has 11 heteroatoms. The van der Waals surface area contributed by atoms with E-state index in [0.29, 0.717) is 34.4 Å². The molecule has 0 aliphatic carbocycles. The summed E-state index contributed by atoms with van der Waals surface area (Å²) in [5.41, 5.74) is 1.94. The normalized spacial score (nSPS) is 11.9. The molecule has 0 unspecified atom stereocenters. The molecule has 1 N–H and O–H groups in total.